The zero-order valence-corrected chi connectivity index (χ0v) is 8.60. The maximum Gasteiger partial charge on any atom is 0.311 e. The Kier molecular flexibility index (Phi) is 2.58. The summed E-state index contributed by atoms with van der Waals surface area (Å²) in [5, 5.41) is 10.8. The van der Waals surface area contributed by atoms with Crippen LogP contribution in [0, 0.1) is 16.0 Å². The Morgan fingerprint density at radius 1 is 1.53 bits per heavy atom. The highest BCUT2D eigenvalue weighted by Crippen LogP contribution is 2.35. The van der Waals surface area contributed by atoms with Crippen molar-refractivity contribution in [1.29, 1.82) is 0 Å². The predicted molar refractivity (Wildman–Crippen MR) is 56.1 cm³/mol. The Balaban J connectivity index is 2.26. The number of nitrogens with zero attached hydrogens (tertiary/aromatic N) is 1. The Morgan fingerprint density at radius 3 is 2.80 bits per heavy atom. The molecule has 0 N–H and O–H groups in total. The zero-order valence-electron chi connectivity index (χ0n) is 8.60. The highest BCUT2D eigenvalue weighted by molar-refractivity contribution is 5.48. The van der Waals surface area contributed by atoms with Crippen LogP contribution in [0.2, 0.25) is 0 Å². The van der Waals surface area contributed by atoms with E-state index in [2.05, 4.69) is 0 Å². The molecule has 0 aliphatic heterocycles. The number of benzene rings is 1. The summed E-state index contributed by atoms with van der Waals surface area (Å²) in [6.45, 7) is 0. The molecule has 0 radical (unpaired) electrons. The first-order chi connectivity index (χ1) is 7.20. The Bertz CT molecular complexity index is 385. The Morgan fingerprint density at radius 2 is 2.27 bits per heavy atom. The maximum absolute atomic E-state index is 10.8. The number of nitro benzene ring substituents is 1. The van der Waals surface area contributed by atoms with Crippen LogP contribution in [-0.4, -0.2) is 12.0 Å². The van der Waals surface area contributed by atoms with Crippen molar-refractivity contribution in [1.82, 2.24) is 0 Å². The monoisotopic (exact) mass is 207 g/mol. The second kappa shape index (κ2) is 3.88. The second-order valence-corrected chi connectivity index (χ2v) is 3.91. The van der Waals surface area contributed by atoms with E-state index in [0.717, 1.165) is 17.9 Å². The molecular formula is C11H13NO3. The van der Waals surface area contributed by atoms with E-state index in [4.69, 9.17) is 4.74 Å². The quantitative estimate of drug-likeness (QED) is 0.563. The molecular weight excluding hydrogens is 194 g/mol. The van der Waals surface area contributed by atoms with Gasteiger partial charge in [-0.25, -0.2) is 0 Å². The van der Waals surface area contributed by atoms with Gasteiger partial charge in [0.05, 0.1) is 12.0 Å². The van der Waals surface area contributed by atoms with Crippen molar-refractivity contribution < 1.29 is 9.66 Å². The molecule has 0 saturated heterocycles. The molecule has 4 heteroatoms. The number of nitro groups is 1. The molecule has 0 heterocycles. The Labute approximate surface area is 88.0 Å². The summed E-state index contributed by atoms with van der Waals surface area (Å²) in [6.07, 6.45) is 3.45. The van der Waals surface area contributed by atoms with Crippen molar-refractivity contribution in [2.75, 3.05) is 7.11 Å². The zero-order chi connectivity index (χ0) is 10.8. The third-order valence-corrected chi connectivity index (χ3v) is 2.66. The average molecular weight is 207 g/mol. The van der Waals surface area contributed by atoms with E-state index >= 15 is 0 Å². The number of hydrogen-bond donors (Lipinski definition) is 0. The van der Waals surface area contributed by atoms with Gasteiger partial charge in [-0.15, -0.1) is 0 Å². The molecule has 0 aromatic heterocycles. The average Bonchev–Trinajstić information content (AvgIpc) is 3.01. The van der Waals surface area contributed by atoms with Gasteiger partial charge in [-0.1, -0.05) is 6.07 Å². The van der Waals surface area contributed by atoms with Gasteiger partial charge in [0.1, 0.15) is 0 Å². The molecule has 1 aliphatic rings. The van der Waals surface area contributed by atoms with Gasteiger partial charge >= 0.3 is 5.69 Å². The molecule has 0 atom stereocenters. The first-order valence-corrected chi connectivity index (χ1v) is 5.02. The topological polar surface area (TPSA) is 52.4 Å². The summed E-state index contributed by atoms with van der Waals surface area (Å²) >= 11 is 0. The van der Waals surface area contributed by atoms with Crippen LogP contribution in [0.1, 0.15) is 18.4 Å². The lowest BCUT2D eigenvalue weighted by Gasteiger charge is -2.04. The van der Waals surface area contributed by atoms with Crippen molar-refractivity contribution in [3.8, 4) is 5.75 Å². The van der Waals surface area contributed by atoms with Crippen LogP contribution in [0.5, 0.6) is 5.75 Å². The molecule has 0 unspecified atom stereocenters. The van der Waals surface area contributed by atoms with E-state index in [9.17, 15) is 10.1 Å². The van der Waals surface area contributed by atoms with Crippen molar-refractivity contribution >= 4 is 5.69 Å². The minimum Gasteiger partial charge on any atom is -0.490 e. The van der Waals surface area contributed by atoms with E-state index in [1.807, 2.05) is 6.07 Å². The van der Waals surface area contributed by atoms with E-state index in [1.165, 1.54) is 20.0 Å². The van der Waals surface area contributed by atoms with Gasteiger partial charge in [-0.2, -0.15) is 0 Å². The maximum atomic E-state index is 10.8. The SMILES string of the molecule is COc1ccc(CC2CC2)cc1[N+](=O)[O-]. The Hall–Kier alpha value is -1.58. The molecule has 1 aromatic rings. The van der Waals surface area contributed by atoms with Gasteiger partial charge in [-0.3, -0.25) is 10.1 Å². The summed E-state index contributed by atoms with van der Waals surface area (Å²) in [4.78, 5) is 10.4. The van der Waals surface area contributed by atoms with Crippen molar-refractivity contribution in [3.05, 3.63) is 33.9 Å². The van der Waals surface area contributed by atoms with Crippen LogP contribution in [0.15, 0.2) is 18.2 Å². The van der Waals surface area contributed by atoms with E-state index in [1.54, 1.807) is 12.1 Å². The van der Waals surface area contributed by atoms with Gasteiger partial charge in [0.25, 0.3) is 0 Å². The van der Waals surface area contributed by atoms with Crippen LogP contribution >= 0.6 is 0 Å². The summed E-state index contributed by atoms with van der Waals surface area (Å²) < 4.78 is 4.94. The third-order valence-electron chi connectivity index (χ3n) is 2.66. The van der Waals surface area contributed by atoms with E-state index < -0.39 is 4.92 Å². The first-order valence-electron chi connectivity index (χ1n) is 5.02. The second-order valence-electron chi connectivity index (χ2n) is 3.91. The number of methoxy groups -OCH3 is 1. The summed E-state index contributed by atoms with van der Waals surface area (Å²) in [5.41, 5.74) is 1.10. The van der Waals surface area contributed by atoms with Gasteiger partial charge in [0.2, 0.25) is 0 Å². The third kappa shape index (κ3) is 2.26. The lowest BCUT2D eigenvalue weighted by molar-refractivity contribution is -0.385. The summed E-state index contributed by atoms with van der Waals surface area (Å²) in [7, 11) is 1.45. The fraction of sp³-hybridized carbons (Fsp3) is 0.455. The lowest BCUT2D eigenvalue weighted by atomic mass is 10.1. The summed E-state index contributed by atoms with van der Waals surface area (Å²) in [6, 6.07) is 5.21. The molecule has 15 heavy (non-hydrogen) atoms. The largest absolute Gasteiger partial charge is 0.490 e. The molecule has 2 rings (SSSR count). The van der Waals surface area contributed by atoms with Crippen molar-refractivity contribution in [3.63, 3.8) is 0 Å². The highest BCUT2D eigenvalue weighted by atomic mass is 16.6. The van der Waals surface area contributed by atoms with Crippen LogP contribution in [0.3, 0.4) is 0 Å². The standard InChI is InChI=1S/C11H13NO3/c1-15-11-5-4-9(6-8-2-3-8)7-10(11)12(13)14/h4-5,7-8H,2-3,6H2,1H3. The van der Waals surface area contributed by atoms with Gasteiger partial charge < -0.3 is 4.74 Å². The van der Waals surface area contributed by atoms with Crippen LogP contribution in [0.4, 0.5) is 5.69 Å². The van der Waals surface area contributed by atoms with Crippen molar-refractivity contribution in [2.24, 2.45) is 5.92 Å². The molecule has 1 aromatic carbocycles. The van der Waals surface area contributed by atoms with Crippen LogP contribution < -0.4 is 4.74 Å². The number of rotatable bonds is 4. The van der Waals surface area contributed by atoms with Crippen molar-refractivity contribution in [2.45, 2.75) is 19.3 Å². The van der Waals surface area contributed by atoms with Crippen LogP contribution in [0.25, 0.3) is 0 Å². The van der Waals surface area contributed by atoms with Gasteiger partial charge in [0.15, 0.2) is 5.75 Å². The first kappa shape index (κ1) is 9.96. The smallest absolute Gasteiger partial charge is 0.311 e. The van der Waals surface area contributed by atoms with Gasteiger partial charge in [0, 0.05) is 6.07 Å². The van der Waals surface area contributed by atoms with E-state index in [-0.39, 0.29) is 5.69 Å². The fourth-order valence-corrected chi connectivity index (χ4v) is 1.66. The molecule has 0 amide bonds. The summed E-state index contributed by atoms with van der Waals surface area (Å²) in [5.74, 6) is 1.07. The normalized spacial score (nSPS) is 15.0. The van der Waals surface area contributed by atoms with E-state index in [0.29, 0.717) is 5.75 Å². The number of hydrogen-bond acceptors (Lipinski definition) is 3. The fourth-order valence-electron chi connectivity index (χ4n) is 1.66. The minimum atomic E-state index is -0.394. The molecule has 0 bridgehead atoms. The molecule has 4 nitrogen and oxygen atoms in total. The highest BCUT2D eigenvalue weighted by Gasteiger charge is 2.23. The minimum absolute atomic E-state index is 0.0654. The van der Waals surface area contributed by atoms with Crippen LogP contribution in [-0.2, 0) is 6.42 Å². The predicted octanol–water partition coefficient (Wildman–Crippen LogP) is 2.56. The molecule has 1 aliphatic carbocycles. The molecule has 1 fully saturated rings. The molecule has 1 saturated carbocycles. The molecule has 0 spiro atoms. The lowest BCUT2D eigenvalue weighted by Crippen LogP contribution is -1.96. The molecule has 80 valence electrons. The van der Waals surface area contributed by atoms with Gasteiger partial charge in [-0.05, 0) is 36.8 Å². The number of ether oxygens (including phenoxy) is 1.